The molecule has 4 aromatic rings. The van der Waals surface area contributed by atoms with Crippen molar-refractivity contribution in [2.45, 2.75) is 0 Å². The van der Waals surface area contributed by atoms with Crippen molar-refractivity contribution in [3.05, 3.63) is 95.8 Å². The Bertz CT molecular complexity index is 1140. The van der Waals surface area contributed by atoms with Gasteiger partial charge in [0.25, 0.3) is 0 Å². The molecular formula is C22H16ClN5O2. The maximum absolute atomic E-state index is 12.1. The molecule has 2 aromatic heterocycles. The second-order valence-corrected chi connectivity index (χ2v) is 6.62. The van der Waals surface area contributed by atoms with Gasteiger partial charge in [-0.25, -0.2) is 4.68 Å². The lowest BCUT2D eigenvalue weighted by Gasteiger charge is -2.07. The molecule has 148 valence electrons. The van der Waals surface area contributed by atoms with Gasteiger partial charge in [0.2, 0.25) is 11.8 Å². The molecule has 0 saturated carbocycles. The minimum Gasteiger partial charge on any atom is -0.438 e. The van der Waals surface area contributed by atoms with Gasteiger partial charge in [-0.15, -0.1) is 10.2 Å². The van der Waals surface area contributed by atoms with Crippen LogP contribution in [-0.4, -0.2) is 25.9 Å². The van der Waals surface area contributed by atoms with Crippen LogP contribution in [0.1, 0.15) is 5.56 Å². The van der Waals surface area contributed by atoms with Crippen LogP contribution in [0.15, 0.2) is 85.2 Å². The molecule has 0 bridgehead atoms. The summed E-state index contributed by atoms with van der Waals surface area (Å²) in [4.78, 5) is 12.1. The summed E-state index contributed by atoms with van der Waals surface area (Å²) in [7, 11) is 0. The second kappa shape index (κ2) is 9.02. The van der Waals surface area contributed by atoms with Crippen LogP contribution in [0, 0.1) is 0 Å². The van der Waals surface area contributed by atoms with Gasteiger partial charge >= 0.3 is 0 Å². The Balaban J connectivity index is 1.33. The van der Waals surface area contributed by atoms with E-state index in [4.69, 9.17) is 16.3 Å². The predicted molar refractivity (Wildman–Crippen MR) is 115 cm³/mol. The number of ether oxygens (including phenoxy) is 1. The van der Waals surface area contributed by atoms with Crippen LogP contribution in [-0.2, 0) is 4.79 Å². The third kappa shape index (κ3) is 5.09. The standard InChI is InChI=1S/C22H16ClN5O2/c23-17-5-2-16(3-6-17)4-12-21(29)25-18-7-9-19(10-8-18)30-22-13-11-20(26-27-22)28-15-1-14-24-28/h1-15H,(H,25,29)/b12-4+. The number of anilines is 1. The lowest BCUT2D eigenvalue weighted by atomic mass is 10.2. The Hall–Kier alpha value is -3.97. The number of rotatable bonds is 6. The lowest BCUT2D eigenvalue weighted by Crippen LogP contribution is -2.07. The third-order valence-corrected chi connectivity index (χ3v) is 4.26. The number of nitrogens with zero attached hydrogens (tertiary/aromatic N) is 4. The van der Waals surface area contributed by atoms with E-state index in [0.29, 0.717) is 28.2 Å². The van der Waals surface area contributed by atoms with Gasteiger partial charge < -0.3 is 10.1 Å². The maximum Gasteiger partial charge on any atom is 0.248 e. The van der Waals surface area contributed by atoms with Crippen LogP contribution in [0.3, 0.4) is 0 Å². The fraction of sp³-hybridized carbons (Fsp3) is 0. The summed E-state index contributed by atoms with van der Waals surface area (Å²) >= 11 is 5.85. The molecule has 2 heterocycles. The predicted octanol–water partition coefficient (Wildman–Crippen LogP) is 4.76. The van der Waals surface area contributed by atoms with Crippen molar-refractivity contribution in [1.29, 1.82) is 0 Å². The first-order chi connectivity index (χ1) is 14.7. The molecule has 0 spiro atoms. The van der Waals surface area contributed by atoms with E-state index in [1.54, 1.807) is 77.7 Å². The summed E-state index contributed by atoms with van der Waals surface area (Å²) in [6, 6.07) is 19.5. The van der Waals surface area contributed by atoms with E-state index in [9.17, 15) is 4.79 Å². The van der Waals surface area contributed by atoms with Gasteiger partial charge in [0.1, 0.15) is 5.75 Å². The van der Waals surface area contributed by atoms with Crippen LogP contribution in [0.25, 0.3) is 11.9 Å². The van der Waals surface area contributed by atoms with Crippen molar-refractivity contribution < 1.29 is 9.53 Å². The van der Waals surface area contributed by atoms with E-state index >= 15 is 0 Å². The average Bonchev–Trinajstić information content (AvgIpc) is 3.30. The second-order valence-electron chi connectivity index (χ2n) is 6.18. The van der Waals surface area contributed by atoms with Crippen molar-refractivity contribution in [2.24, 2.45) is 0 Å². The molecule has 7 nitrogen and oxygen atoms in total. The van der Waals surface area contributed by atoms with Crippen molar-refractivity contribution in [3.8, 4) is 17.4 Å². The van der Waals surface area contributed by atoms with Gasteiger partial charge in [-0.3, -0.25) is 4.79 Å². The summed E-state index contributed by atoms with van der Waals surface area (Å²) in [5, 5.41) is 15.7. The number of hydrogen-bond acceptors (Lipinski definition) is 5. The molecule has 0 aliphatic heterocycles. The molecular weight excluding hydrogens is 402 g/mol. The number of nitrogens with one attached hydrogen (secondary N) is 1. The van der Waals surface area contributed by atoms with Gasteiger partial charge in [0.05, 0.1) is 0 Å². The summed E-state index contributed by atoms with van der Waals surface area (Å²) in [6.07, 6.45) is 6.63. The lowest BCUT2D eigenvalue weighted by molar-refractivity contribution is -0.111. The molecule has 0 saturated heterocycles. The van der Waals surface area contributed by atoms with Crippen LogP contribution in [0.2, 0.25) is 5.02 Å². The van der Waals surface area contributed by atoms with Gasteiger partial charge in [-0.1, -0.05) is 23.7 Å². The van der Waals surface area contributed by atoms with Gasteiger partial charge in [0, 0.05) is 35.2 Å². The summed E-state index contributed by atoms with van der Waals surface area (Å²) in [5.74, 6) is 1.29. The van der Waals surface area contributed by atoms with E-state index in [0.717, 1.165) is 5.56 Å². The molecule has 30 heavy (non-hydrogen) atoms. The Morgan fingerprint density at radius 2 is 1.80 bits per heavy atom. The van der Waals surface area contributed by atoms with Gasteiger partial charge in [0.15, 0.2) is 5.82 Å². The zero-order chi connectivity index (χ0) is 20.8. The van der Waals surface area contributed by atoms with Crippen molar-refractivity contribution in [2.75, 3.05) is 5.32 Å². The van der Waals surface area contributed by atoms with Crippen LogP contribution in [0.4, 0.5) is 5.69 Å². The molecule has 4 rings (SSSR count). The zero-order valence-electron chi connectivity index (χ0n) is 15.6. The topological polar surface area (TPSA) is 81.9 Å². The quantitative estimate of drug-likeness (QED) is 0.457. The molecule has 0 radical (unpaired) electrons. The molecule has 2 aromatic carbocycles. The number of carbonyl (C=O) groups excluding carboxylic acids is 1. The highest BCUT2D eigenvalue weighted by Crippen LogP contribution is 2.21. The Labute approximate surface area is 177 Å². The zero-order valence-corrected chi connectivity index (χ0v) is 16.4. The third-order valence-electron chi connectivity index (χ3n) is 4.01. The molecule has 1 N–H and O–H groups in total. The maximum atomic E-state index is 12.1. The first-order valence-corrected chi connectivity index (χ1v) is 9.40. The van der Waals surface area contributed by atoms with Gasteiger partial charge in [-0.05, 0) is 60.2 Å². The van der Waals surface area contributed by atoms with Crippen LogP contribution >= 0.6 is 11.6 Å². The Morgan fingerprint density at radius 3 is 2.47 bits per heavy atom. The number of halogens is 1. The fourth-order valence-electron chi connectivity index (χ4n) is 2.55. The van der Waals surface area contributed by atoms with E-state index in [2.05, 4.69) is 20.6 Å². The van der Waals surface area contributed by atoms with Crippen LogP contribution < -0.4 is 10.1 Å². The number of benzene rings is 2. The van der Waals surface area contributed by atoms with Crippen LogP contribution in [0.5, 0.6) is 11.6 Å². The molecule has 8 heteroatoms. The van der Waals surface area contributed by atoms with E-state index in [-0.39, 0.29) is 5.91 Å². The van der Waals surface area contributed by atoms with E-state index in [1.165, 1.54) is 6.08 Å². The average molecular weight is 418 g/mol. The minimum atomic E-state index is -0.237. The summed E-state index contributed by atoms with van der Waals surface area (Å²) in [6.45, 7) is 0. The smallest absolute Gasteiger partial charge is 0.248 e. The highest BCUT2D eigenvalue weighted by atomic mass is 35.5. The van der Waals surface area contributed by atoms with Crippen molar-refractivity contribution in [1.82, 2.24) is 20.0 Å². The number of amides is 1. The molecule has 0 fully saturated rings. The first-order valence-electron chi connectivity index (χ1n) is 9.02. The molecule has 0 aliphatic carbocycles. The van der Waals surface area contributed by atoms with Crippen molar-refractivity contribution in [3.63, 3.8) is 0 Å². The Kier molecular flexibility index (Phi) is 5.82. The number of carbonyl (C=O) groups is 1. The van der Waals surface area contributed by atoms with Gasteiger partial charge in [-0.2, -0.15) is 5.10 Å². The first kappa shape index (κ1) is 19.4. The molecule has 1 amide bonds. The largest absolute Gasteiger partial charge is 0.438 e. The Morgan fingerprint density at radius 1 is 1.00 bits per heavy atom. The number of hydrogen-bond donors (Lipinski definition) is 1. The molecule has 0 atom stereocenters. The number of aromatic nitrogens is 4. The summed E-state index contributed by atoms with van der Waals surface area (Å²) in [5.41, 5.74) is 1.53. The normalized spacial score (nSPS) is 10.8. The SMILES string of the molecule is O=C(/C=C/c1ccc(Cl)cc1)Nc1ccc(Oc2ccc(-n3cccn3)nn2)cc1. The fourth-order valence-corrected chi connectivity index (χ4v) is 2.68. The monoisotopic (exact) mass is 417 g/mol. The minimum absolute atomic E-state index is 0.237. The molecule has 0 aliphatic rings. The van der Waals surface area contributed by atoms with E-state index in [1.807, 2.05) is 12.1 Å². The highest BCUT2D eigenvalue weighted by Gasteiger charge is 2.04. The molecule has 0 unspecified atom stereocenters. The summed E-state index contributed by atoms with van der Waals surface area (Å²) < 4.78 is 7.29. The van der Waals surface area contributed by atoms with Crippen molar-refractivity contribution >= 4 is 29.3 Å². The van der Waals surface area contributed by atoms with E-state index < -0.39 is 0 Å². The highest BCUT2D eigenvalue weighted by molar-refractivity contribution is 6.30.